The highest BCUT2D eigenvalue weighted by molar-refractivity contribution is 6.31. The maximum absolute atomic E-state index is 12.8. The summed E-state index contributed by atoms with van der Waals surface area (Å²) >= 11 is 5.93. The maximum atomic E-state index is 12.8. The number of aromatic nitrogens is 2. The number of para-hydroxylation sites is 1. The molecule has 0 aliphatic carbocycles. The van der Waals surface area contributed by atoms with E-state index in [1.165, 1.54) is 40.8 Å². The number of rotatable bonds is 4. The molecule has 4 saturated heterocycles. The predicted octanol–water partition coefficient (Wildman–Crippen LogP) is 7.14. The smallest absolute Gasteiger partial charge is 0.378 e. The molecule has 10 nitrogen and oxygen atoms in total. The molecule has 0 spiro atoms. The quantitative estimate of drug-likeness (QED) is 0.140. The highest BCUT2D eigenvalue weighted by Crippen LogP contribution is 2.30. The van der Waals surface area contributed by atoms with Gasteiger partial charge in [-0.25, -0.2) is 4.39 Å². The molecule has 310 valence electrons. The lowest BCUT2D eigenvalue weighted by molar-refractivity contribution is -0.137. The summed E-state index contributed by atoms with van der Waals surface area (Å²) in [7, 11) is 0. The topological polar surface area (TPSA) is 111 Å². The minimum Gasteiger partial charge on any atom is -0.378 e. The molecule has 4 N–H and O–H groups in total. The number of nitrogens with one attached hydrogen (secondary N) is 4. The zero-order valence-electron chi connectivity index (χ0n) is 32.0. The van der Waals surface area contributed by atoms with Crippen LogP contribution in [0.3, 0.4) is 0 Å². The van der Waals surface area contributed by atoms with Crippen LogP contribution in [0.15, 0.2) is 104 Å². The normalized spacial score (nSPS) is 22.2. The van der Waals surface area contributed by atoms with E-state index in [9.17, 15) is 17.6 Å². The molecule has 5 aromatic rings. The Labute approximate surface area is 341 Å². The van der Waals surface area contributed by atoms with Gasteiger partial charge in [-0.1, -0.05) is 48.0 Å². The van der Waals surface area contributed by atoms with Gasteiger partial charge in [0.15, 0.2) is 0 Å². The van der Waals surface area contributed by atoms with E-state index in [4.69, 9.17) is 30.5 Å². The van der Waals surface area contributed by atoms with E-state index in [1.54, 1.807) is 6.07 Å². The van der Waals surface area contributed by atoms with Crippen molar-refractivity contribution in [3.63, 3.8) is 0 Å². The molecule has 4 aliphatic heterocycles. The van der Waals surface area contributed by atoms with Gasteiger partial charge in [-0.3, -0.25) is 9.97 Å². The SMILES string of the molecule is FC(F)(F)c1ccc(C2COCCN2)cc1.Fc1ccc(C2COCCN2)c(Cl)c1.c1cc(C2COCCN2)ccn1.c1ccc2c(C3COCCN3)ccnc2c1. The van der Waals surface area contributed by atoms with Crippen molar-refractivity contribution in [2.75, 3.05) is 79.0 Å². The Morgan fingerprint density at radius 3 is 1.60 bits per heavy atom. The molecule has 0 amide bonds. The summed E-state index contributed by atoms with van der Waals surface area (Å²) in [6.45, 7) is 8.99. The van der Waals surface area contributed by atoms with Crippen molar-refractivity contribution in [3.05, 3.63) is 142 Å². The van der Waals surface area contributed by atoms with Crippen LogP contribution in [0, 0.1) is 5.82 Å². The van der Waals surface area contributed by atoms with Crippen molar-refractivity contribution in [2.24, 2.45) is 0 Å². The molecule has 6 heterocycles. The van der Waals surface area contributed by atoms with Gasteiger partial charge in [0.1, 0.15) is 5.82 Å². The van der Waals surface area contributed by atoms with Gasteiger partial charge in [0, 0.05) is 55.2 Å². The molecule has 9 rings (SSSR count). The highest BCUT2D eigenvalue weighted by atomic mass is 35.5. The molecule has 0 bridgehead atoms. The minimum absolute atomic E-state index is 0.00367. The van der Waals surface area contributed by atoms with Gasteiger partial charge in [0.2, 0.25) is 0 Å². The molecule has 4 fully saturated rings. The molecule has 0 saturated carbocycles. The molecule has 4 aliphatic rings. The standard InChI is InChI=1S/C13H14N2O.C11H12F3NO.C10H11ClFNO.C9H12N2O/c1-2-4-12-10(3-1)11(5-6-14-12)13-9-16-8-7-15-13;12-11(13,14)9-3-1-8(2-4-9)10-7-16-6-5-15-10;11-9-5-7(12)1-2-8(9)10-6-14-4-3-13-10;1-3-10-4-2-8(1)9-7-12-6-5-11-9/h1-6,13,15H,7-9H2;1-4,10,15H,5-7H2;1-2,5,10,13H,3-4,6H2;1-4,9,11H,5-7H2. The molecule has 2 aromatic heterocycles. The fourth-order valence-electron chi connectivity index (χ4n) is 6.80. The van der Waals surface area contributed by atoms with Crippen molar-refractivity contribution in [2.45, 2.75) is 30.3 Å². The first-order chi connectivity index (χ1) is 28.3. The van der Waals surface area contributed by atoms with Crippen molar-refractivity contribution in [1.29, 1.82) is 0 Å². The number of alkyl halides is 3. The second kappa shape index (κ2) is 22.3. The summed E-state index contributed by atoms with van der Waals surface area (Å²) in [5.41, 5.74) is 4.69. The average Bonchev–Trinajstić information content (AvgIpc) is 3.28. The summed E-state index contributed by atoms with van der Waals surface area (Å²) in [4.78, 5) is 8.34. The molecule has 15 heteroatoms. The second-order valence-corrected chi connectivity index (χ2v) is 14.2. The number of nitrogens with zero attached hydrogens (tertiary/aromatic N) is 2. The van der Waals surface area contributed by atoms with Crippen LogP contribution in [0.4, 0.5) is 17.6 Å². The summed E-state index contributed by atoms with van der Waals surface area (Å²) < 4.78 is 71.2. The molecule has 4 atom stereocenters. The summed E-state index contributed by atoms with van der Waals surface area (Å²) in [6, 6.07) is 24.7. The Hall–Kier alpha value is -4.09. The third-order valence-electron chi connectivity index (χ3n) is 9.83. The van der Waals surface area contributed by atoms with E-state index >= 15 is 0 Å². The highest BCUT2D eigenvalue weighted by Gasteiger charge is 2.30. The summed E-state index contributed by atoms with van der Waals surface area (Å²) in [5.74, 6) is -0.310. The zero-order chi connectivity index (χ0) is 40.6. The number of fused-ring (bicyclic) bond motifs is 1. The fourth-order valence-corrected chi connectivity index (χ4v) is 7.09. The van der Waals surface area contributed by atoms with Crippen molar-refractivity contribution in [1.82, 2.24) is 31.2 Å². The van der Waals surface area contributed by atoms with E-state index < -0.39 is 11.7 Å². The molecule has 4 unspecified atom stereocenters. The molecule has 58 heavy (non-hydrogen) atoms. The van der Waals surface area contributed by atoms with E-state index in [1.807, 2.05) is 42.9 Å². The molecular weight excluding hydrogens is 776 g/mol. The number of hydrogen-bond acceptors (Lipinski definition) is 10. The lowest BCUT2D eigenvalue weighted by Gasteiger charge is -2.25. The van der Waals surface area contributed by atoms with Gasteiger partial charge >= 0.3 is 6.18 Å². The van der Waals surface area contributed by atoms with Crippen LogP contribution in [-0.2, 0) is 25.1 Å². The Kier molecular flexibility index (Phi) is 16.7. The van der Waals surface area contributed by atoms with E-state index in [2.05, 4.69) is 49.4 Å². The third kappa shape index (κ3) is 13.0. The Bertz CT molecular complexity index is 1950. The van der Waals surface area contributed by atoms with Gasteiger partial charge in [0.25, 0.3) is 0 Å². The minimum atomic E-state index is -4.27. The van der Waals surface area contributed by atoms with Crippen LogP contribution in [0.2, 0.25) is 5.02 Å². The van der Waals surface area contributed by atoms with E-state index in [0.29, 0.717) is 36.9 Å². The number of hydrogen-bond donors (Lipinski definition) is 4. The fraction of sp³-hybridized carbons (Fsp3) is 0.395. The van der Waals surface area contributed by atoms with Crippen molar-refractivity contribution < 1.29 is 36.5 Å². The number of pyridine rings is 2. The van der Waals surface area contributed by atoms with Crippen LogP contribution in [0.1, 0.15) is 52.0 Å². The van der Waals surface area contributed by atoms with E-state index in [-0.39, 0.29) is 17.9 Å². The largest absolute Gasteiger partial charge is 0.416 e. The first-order valence-electron chi connectivity index (χ1n) is 19.4. The Morgan fingerprint density at radius 2 is 1.09 bits per heavy atom. The van der Waals surface area contributed by atoms with Gasteiger partial charge < -0.3 is 40.2 Å². The number of morpholine rings is 4. The van der Waals surface area contributed by atoms with Crippen molar-refractivity contribution in [3.8, 4) is 0 Å². The van der Waals surface area contributed by atoms with Gasteiger partial charge in [-0.05, 0) is 70.8 Å². The first kappa shape index (κ1) is 43.5. The zero-order valence-corrected chi connectivity index (χ0v) is 32.8. The summed E-state index contributed by atoms with van der Waals surface area (Å²) in [6.07, 6.45) is 1.22. The van der Waals surface area contributed by atoms with Crippen LogP contribution >= 0.6 is 11.6 Å². The Morgan fingerprint density at radius 1 is 0.569 bits per heavy atom. The first-order valence-corrected chi connectivity index (χ1v) is 19.7. The van der Waals surface area contributed by atoms with E-state index in [0.717, 1.165) is 88.0 Å². The van der Waals surface area contributed by atoms with Crippen molar-refractivity contribution >= 4 is 22.5 Å². The third-order valence-corrected chi connectivity index (χ3v) is 10.2. The number of ether oxygens (including phenoxy) is 4. The lowest BCUT2D eigenvalue weighted by Crippen LogP contribution is -2.34. The number of halogens is 5. The predicted molar refractivity (Wildman–Crippen MR) is 215 cm³/mol. The van der Waals surface area contributed by atoms with Gasteiger partial charge in [0.05, 0.1) is 88.1 Å². The molecular formula is C43H49ClF4N6O4. The van der Waals surface area contributed by atoms with Crippen LogP contribution in [0.25, 0.3) is 10.9 Å². The average molecular weight is 825 g/mol. The Balaban J connectivity index is 0.000000131. The second-order valence-electron chi connectivity index (χ2n) is 13.8. The van der Waals surface area contributed by atoms with Crippen LogP contribution in [0.5, 0.6) is 0 Å². The van der Waals surface area contributed by atoms with Gasteiger partial charge in [-0.15, -0.1) is 0 Å². The number of benzene rings is 3. The molecule has 0 radical (unpaired) electrons. The summed E-state index contributed by atoms with van der Waals surface area (Å²) in [5, 5.41) is 15.0. The molecule has 3 aromatic carbocycles. The maximum Gasteiger partial charge on any atom is 0.416 e. The van der Waals surface area contributed by atoms with Crippen LogP contribution in [-0.4, -0.2) is 89.0 Å². The lowest BCUT2D eigenvalue weighted by atomic mass is 10.0. The van der Waals surface area contributed by atoms with Crippen LogP contribution < -0.4 is 21.3 Å². The van der Waals surface area contributed by atoms with Gasteiger partial charge in [-0.2, -0.15) is 13.2 Å². The monoisotopic (exact) mass is 824 g/mol.